The molecule has 1 saturated heterocycles. The van der Waals surface area contributed by atoms with Crippen LogP contribution < -0.4 is 14.4 Å². The average Bonchev–Trinajstić information content (AvgIpc) is 3.38. The predicted molar refractivity (Wildman–Crippen MR) is 146 cm³/mol. The molecule has 2 aromatic carbocycles. The molecule has 3 aromatic rings. The minimum Gasteiger partial charge on any atom is -0.491 e. The van der Waals surface area contributed by atoms with Crippen molar-refractivity contribution in [2.75, 3.05) is 71.9 Å². The first kappa shape index (κ1) is 27.3. The van der Waals surface area contributed by atoms with Crippen molar-refractivity contribution in [3.63, 3.8) is 0 Å². The maximum absolute atomic E-state index is 5.84. The van der Waals surface area contributed by atoms with Gasteiger partial charge in [0.25, 0.3) is 0 Å². The Labute approximate surface area is 223 Å². The second-order valence-electron chi connectivity index (χ2n) is 8.84. The third kappa shape index (κ3) is 8.98. The second-order valence-corrected chi connectivity index (χ2v) is 9.68. The maximum Gasteiger partial charge on any atom is 0.186 e. The van der Waals surface area contributed by atoms with E-state index in [0.29, 0.717) is 39.5 Å². The summed E-state index contributed by atoms with van der Waals surface area (Å²) < 4.78 is 27.4. The number of rotatable bonds is 15. The fraction of sp³-hybridized carbons (Fsp3) is 0.464. The van der Waals surface area contributed by atoms with Crippen LogP contribution in [-0.4, -0.2) is 76.8 Å². The summed E-state index contributed by atoms with van der Waals surface area (Å²) in [5.74, 6) is 1.69. The van der Waals surface area contributed by atoms with Crippen molar-refractivity contribution in [2.45, 2.75) is 19.6 Å². The SMILES string of the molecule is COCCOc1cccc(CN(Cc2cccc(OCCOC)c2)c2nc(CN3CCOCC3)cs2)c1. The average molecular weight is 528 g/mol. The number of methoxy groups -OCH3 is 2. The zero-order chi connectivity index (χ0) is 25.7. The van der Waals surface area contributed by atoms with Crippen LogP contribution in [0.1, 0.15) is 16.8 Å². The van der Waals surface area contributed by atoms with Gasteiger partial charge in [0.1, 0.15) is 24.7 Å². The smallest absolute Gasteiger partial charge is 0.186 e. The van der Waals surface area contributed by atoms with Gasteiger partial charge in [0.2, 0.25) is 0 Å². The summed E-state index contributed by atoms with van der Waals surface area (Å²) in [5.41, 5.74) is 3.42. The minimum atomic E-state index is 0.525. The summed E-state index contributed by atoms with van der Waals surface area (Å²) >= 11 is 1.69. The van der Waals surface area contributed by atoms with Crippen molar-refractivity contribution >= 4 is 16.5 Å². The number of ether oxygens (including phenoxy) is 5. The van der Waals surface area contributed by atoms with Gasteiger partial charge in [0.05, 0.1) is 32.1 Å². The van der Waals surface area contributed by atoms with Crippen LogP contribution in [0.15, 0.2) is 53.9 Å². The lowest BCUT2D eigenvalue weighted by molar-refractivity contribution is 0.0337. The molecule has 1 aliphatic heterocycles. The Kier molecular flexibility index (Phi) is 11.0. The van der Waals surface area contributed by atoms with E-state index in [-0.39, 0.29) is 0 Å². The quantitative estimate of drug-likeness (QED) is 0.272. The third-order valence-corrected chi connectivity index (χ3v) is 6.91. The van der Waals surface area contributed by atoms with E-state index in [4.69, 9.17) is 28.7 Å². The van der Waals surface area contributed by atoms with Gasteiger partial charge >= 0.3 is 0 Å². The van der Waals surface area contributed by atoms with Gasteiger partial charge in [0.15, 0.2) is 5.13 Å². The van der Waals surface area contributed by atoms with Crippen LogP contribution in [0.25, 0.3) is 0 Å². The molecule has 37 heavy (non-hydrogen) atoms. The van der Waals surface area contributed by atoms with Crippen molar-refractivity contribution in [3.05, 3.63) is 70.7 Å². The first-order valence-electron chi connectivity index (χ1n) is 12.6. The van der Waals surface area contributed by atoms with Gasteiger partial charge in [-0.25, -0.2) is 4.98 Å². The van der Waals surface area contributed by atoms with Crippen molar-refractivity contribution in [1.29, 1.82) is 0 Å². The summed E-state index contributed by atoms with van der Waals surface area (Å²) in [4.78, 5) is 9.74. The number of benzene rings is 2. The van der Waals surface area contributed by atoms with Crippen LogP contribution in [0.4, 0.5) is 5.13 Å². The van der Waals surface area contributed by atoms with Crippen molar-refractivity contribution in [1.82, 2.24) is 9.88 Å². The number of hydrogen-bond donors (Lipinski definition) is 0. The first-order chi connectivity index (χ1) is 18.2. The molecule has 200 valence electrons. The Bertz CT molecular complexity index is 1020. The number of aromatic nitrogens is 1. The van der Waals surface area contributed by atoms with Gasteiger partial charge < -0.3 is 28.6 Å². The van der Waals surface area contributed by atoms with Crippen LogP contribution in [0.5, 0.6) is 11.5 Å². The van der Waals surface area contributed by atoms with Gasteiger partial charge in [-0.05, 0) is 35.4 Å². The molecule has 8 nitrogen and oxygen atoms in total. The molecule has 0 amide bonds. The van der Waals surface area contributed by atoms with Crippen LogP contribution in [0.3, 0.4) is 0 Å². The fourth-order valence-electron chi connectivity index (χ4n) is 4.09. The van der Waals surface area contributed by atoms with Crippen molar-refractivity contribution < 1.29 is 23.7 Å². The molecule has 1 fully saturated rings. The Morgan fingerprint density at radius 3 is 2.03 bits per heavy atom. The van der Waals surface area contributed by atoms with Crippen molar-refractivity contribution in [2.24, 2.45) is 0 Å². The van der Waals surface area contributed by atoms with Gasteiger partial charge in [-0.3, -0.25) is 4.90 Å². The standard InChI is InChI=1S/C28H37N3O5S/c1-32-13-15-35-26-7-3-5-23(17-26)19-31(20-24-6-4-8-27(18-24)36-16-14-33-2)28-29-25(22-37-28)21-30-9-11-34-12-10-30/h3-8,17-18,22H,9-16,19-21H2,1-2H3. The highest BCUT2D eigenvalue weighted by molar-refractivity contribution is 7.13. The van der Waals surface area contributed by atoms with Crippen molar-refractivity contribution in [3.8, 4) is 11.5 Å². The predicted octanol–water partition coefficient (Wildman–Crippen LogP) is 4.23. The number of morpholine rings is 1. The zero-order valence-corrected chi connectivity index (χ0v) is 22.6. The van der Waals surface area contributed by atoms with E-state index in [2.05, 4.69) is 39.4 Å². The van der Waals surface area contributed by atoms with Gasteiger partial charge in [0, 0.05) is 52.3 Å². The summed E-state index contributed by atoms with van der Waals surface area (Å²) in [6.45, 7) is 7.90. The zero-order valence-electron chi connectivity index (χ0n) is 21.8. The molecule has 1 aromatic heterocycles. The van der Waals surface area contributed by atoms with E-state index in [9.17, 15) is 0 Å². The molecule has 0 atom stereocenters. The number of anilines is 1. The molecule has 0 saturated carbocycles. The lowest BCUT2D eigenvalue weighted by Gasteiger charge is -2.26. The van der Waals surface area contributed by atoms with Crippen LogP contribution >= 0.6 is 11.3 Å². The Morgan fingerprint density at radius 1 is 0.865 bits per heavy atom. The second kappa shape index (κ2) is 14.9. The Hall–Kier alpha value is -2.69. The topological polar surface area (TPSA) is 65.5 Å². The highest BCUT2D eigenvalue weighted by atomic mass is 32.1. The van der Waals surface area contributed by atoms with E-state index >= 15 is 0 Å². The third-order valence-electron chi connectivity index (χ3n) is 5.96. The fourth-order valence-corrected chi connectivity index (χ4v) is 4.90. The van der Waals surface area contributed by atoms with E-state index in [0.717, 1.165) is 66.3 Å². The molecule has 0 N–H and O–H groups in total. The number of thiazole rings is 1. The summed E-state index contributed by atoms with van der Waals surface area (Å²) in [6.07, 6.45) is 0. The highest BCUT2D eigenvalue weighted by Gasteiger charge is 2.17. The summed E-state index contributed by atoms with van der Waals surface area (Å²) in [5, 5.41) is 3.17. The molecule has 4 rings (SSSR count). The first-order valence-corrected chi connectivity index (χ1v) is 13.5. The van der Waals surface area contributed by atoms with Crippen LogP contribution in [0, 0.1) is 0 Å². The molecular formula is C28H37N3O5S. The van der Waals surface area contributed by atoms with E-state index in [1.165, 1.54) is 0 Å². The molecule has 2 heterocycles. The lowest BCUT2D eigenvalue weighted by Crippen LogP contribution is -2.35. The van der Waals surface area contributed by atoms with E-state index in [1.807, 2.05) is 24.3 Å². The van der Waals surface area contributed by atoms with Crippen LogP contribution in [0.2, 0.25) is 0 Å². The summed E-state index contributed by atoms with van der Waals surface area (Å²) in [7, 11) is 3.35. The molecule has 0 spiro atoms. The normalized spacial score (nSPS) is 14.0. The number of hydrogen-bond acceptors (Lipinski definition) is 9. The van der Waals surface area contributed by atoms with E-state index in [1.54, 1.807) is 25.6 Å². The molecule has 9 heteroatoms. The summed E-state index contributed by atoms with van der Waals surface area (Å²) in [6, 6.07) is 16.5. The van der Waals surface area contributed by atoms with Gasteiger partial charge in [-0.1, -0.05) is 24.3 Å². The molecule has 1 aliphatic rings. The Morgan fingerprint density at radius 2 is 1.46 bits per heavy atom. The molecule has 0 unspecified atom stereocenters. The minimum absolute atomic E-state index is 0.525. The lowest BCUT2D eigenvalue weighted by atomic mass is 10.1. The molecular weight excluding hydrogens is 490 g/mol. The number of nitrogens with zero attached hydrogens (tertiary/aromatic N) is 3. The highest BCUT2D eigenvalue weighted by Crippen LogP contribution is 2.27. The molecule has 0 aliphatic carbocycles. The largest absolute Gasteiger partial charge is 0.491 e. The monoisotopic (exact) mass is 527 g/mol. The van der Waals surface area contributed by atoms with Crippen LogP contribution in [-0.2, 0) is 33.8 Å². The Balaban J connectivity index is 1.50. The maximum atomic E-state index is 5.84. The van der Waals surface area contributed by atoms with Gasteiger partial charge in [-0.15, -0.1) is 11.3 Å². The van der Waals surface area contributed by atoms with E-state index < -0.39 is 0 Å². The van der Waals surface area contributed by atoms with Gasteiger partial charge in [-0.2, -0.15) is 0 Å². The molecule has 0 radical (unpaired) electrons. The molecule has 0 bridgehead atoms.